The molecule has 30 heavy (non-hydrogen) atoms. The molecule has 0 unspecified atom stereocenters. The summed E-state index contributed by atoms with van der Waals surface area (Å²) in [6.45, 7) is 10.7. The Bertz CT molecular complexity index is 857. The maximum atomic E-state index is 13.2. The lowest BCUT2D eigenvalue weighted by molar-refractivity contribution is -0.106. The zero-order valence-corrected chi connectivity index (χ0v) is 18.6. The molecule has 0 radical (unpaired) electrons. The molecule has 0 aromatic heterocycles. The Morgan fingerprint density at radius 1 is 1.10 bits per heavy atom. The van der Waals surface area contributed by atoms with E-state index in [2.05, 4.69) is 30.8 Å². The fourth-order valence-corrected chi connectivity index (χ4v) is 4.34. The quantitative estimate of drug-likeness (QED) is 0.588. The van der Waals surface area contributed by atoms with E-state index in [1.807, 2.05) is 62.1 Å². The van der Waals surface area contributed by atoms with E-state index >= 15 is 0 Å². The second-order valence-electron chi connectivity index (χ2n) is 9.01. The zero-order chi connectivity index (χ0) is 21.8. The SMILES string of the molecule is C=C(C[C@@]1(OC)CCCN(C(=O)OC(C)(C)C)[C@@H]1c1ccccc1)c1ccccc1. The molecule has 0 saturated carbocycles. The van der Waals surface area contributed by atoms with Crippen molar-refractivity contribution in [1.82, 2.24) is 4.90 Å². The van der Waals surface area contributed by atoms with Crippen LogP contribution in [-0.4, -0.2) is 35.8 Å². The maximum Gasteiger partial charge on any atom is 0.410 e. The summed E-state index contributed by atoms with van der Waals surface area (Å²) in [6, 6.07) is 20.0. The average Bonchev–Trinajstić information content (AvgIpc) is 2.73. The lowest BCUT2D eigenvalue weighted by Gasteiger charge is -2.49. The Balaban J connectivity index is 2.00. The van der Waals surface area contributed by atoms with Gasteiger partial charge in [0.25, 0.3) is 0 Å². The number of carbonyl (C=O) groups is 1. The first-order valence-electron chi connectivity index (χ1n) is 10.6. The van der Waals surface area contributed by atoms with Crippen molar-refractivity contribution in [3.05, 3.63) is 78.4 Å². The van der Waals surface area contributed by atoms with E-state index in [0.717, 1.165) is 29.5 Å². The molecule has 1 fully saturated rings. The summed E-state index contributed by atoms with van der Waals surface area (Å²) in [5.41, 5.74) is 2.01. The van der Waals surface area contributed by atoms with Crippen LogP contribution in [0.2, 0.25) is 0 Å². The molecule has 0 N–H and O–H groups in total. The molecule has 3 rings (SSSR count). The average molecular weight is 408 g/mol. The number of piperidine rings is 1. The van der Waals surface area contributed by atoms with Gasteiger partial charge in [-0.05, 0) is 50.3 Å². The molecule has 2 aromatic rings. The summed E-state index contributed by atoms with van der Waals surface area (Å²) in [6.07, 6.45) is 2.02. The van der Waals surface area contributed by atoms with Gasteiger partial charge in [-0.2, -0.15) is 0 Å². The first-order valence-corrected chi connectivity index (χ1v) is 10.6. The smallest absolute Gasteiger partial charge is 0.410 e. The van der Waals surface area contributed by atoms with Crippen molar-refractivity contribution in [3.8, 4) is 0 Å². The van der Waals surface area contributed by atoms with Crippen LogP contribution in [-0.2, 0) is 9.47 Å². The van der Waals surface area contributed by atoms with Crippen LogP contribution < -0.4 is 0 Å². The minimum Gasteiger partial charge on any atom is -0.444 e. The number of ether oxygens (including phenoxy) is 2. The topological polar surface area (TPSA) is 38.8 Å². The van der Waals surface area contributed by atoms with E-state index in [0.29, 0.717) is 13.0 Å². The van der Waals surface area contributed by atoms with E-state index in [-0.39, 0.29) is 12.1 Å². The second kappa shape index (κ2) is 9.05. The van der Waals surface area contributed by atoms with Crippen LogP contribution in [0, 0.1) is 0 Å². The molecule has 2 atom stereocenters. The fourth-order valence-electron chi connectivity index (χ4n) is 4.34. The van der Waals surface area contributed by atoms with Crippen molar-refractivity contribution in [2.75, 3.05) is 13.7 Å². The molecule has 1 amide bonds. The van der Waals surface area contributed by atoms with Crippen molar-refractivity contribution in [2.24, 2.45) is 0 Å². The normalized spacial score (nSPS) is 21.9. The number of likely N-dealkylation sites (tertiary alicyclic amines) is 1. The van der Waals surface area contributed by atoms with Crippen molar-refractivity contribution >= 4 is 11.7 Å². The summed E-state index contributed by atoms with van der Waals surface area (Å²) < 4.78 is 12.0. The van der Waals surface area contributed by atoms with Gasteiger partial charge >= 0.3 is 6.09 Å². The monoisotopic (exact) mass is 407 g/mol. The number of methoxy groups -OCH3 is 1. The third-order valence-electron chi connectivity index (χ3n) is 5.65. The second-order valence-corrected chi connectivity index (χ2v) is 9.01. The Hall–Kier alpha value is -2.59. The molecule has 0 bridgehead atoms. The summed E-state index contributed by atoms with van der Waals surface area (Å²) in [7, 11) is 1.74. The van der Waals surface area contributed by atoms with Crippen molar-refractivity contribution in [2.45, 2.75) is 57.3 Å². The van der Waals surface area contributed by atoms with Gasteiger partial charge in [-0.25, -0.2) is 4.79 Å². The summed E-state index contributed by atoms with van der Waals surface area (Å²) in [5, 5.41) is 0. The van der Waals surface area contributed by atoms with Crippen LogP contribution in [0.15, 0.2) is 67.2 Å². The zero-order valence-electron chi connectivity index (χ0n) is 18.6. The Kier molecular flexibility index (Phi) is 6.67. The summed E-state index contributed by atoms with van der Waals surface area (Å²) in [5.74, 6) is 0. The number of rotatable bonds is 5. The molecule has 2 aromatic carbocycles. The predicted molar refractivity (Wildman–Crippen MR) is 121 cm³/mol. The van der Waals surface area contributed by atoms with Gasteiger partial charge in [0.1, 0.15) is 5.60 Å². The fraction of sp³-hybridized carbons (Fsp3) is 0.423. The third kappa shape index (κ3) is 4.93. The van der Waals surface area contributed by atoms with E-state index in [1.165, 1.54) is 0 Å². The molecule has 4 nitrogen and oxygen atoms in total. The van der Waals surface area contributed by atoms with Crippen LogP contribution in [0.4, 0.5) is 4.79 Å². The van der Waals surface area contributed by atoms with E-state index in [4.69, 9.17) is 9.47 Å². The molecule has 0 aliphatic carbocycles. The number of amides is 1. The molecule has 1 saturated heterocycles. The van der Waals surface area contributed by atoms with Gasteiger partial charge in [0.05, 0.1) is 11.6 Å². The highest BCUT2D eigenvalue weighted by atomic mass is 16.6. The van der Waals surface area contributed by atoms with Crippen molar-refractivity contribution in [1.29, 1.82) is 0 Å². The molecule has 1 heterocycles. The van der Waals surface area contributed by atoms with E-state index in [9.17, 15) is 4.79 Å². The highest BCUT2D eigenvalue weighted by Gasteiger charge is 2.48. The van der Waals surface area contributed by atoms with Crippen LogP contribution >= 0.6 is 0 Å². The van der Waals surface area contributed by atoms with Crippen LogP contribution in [0.25, 0.3) is 5.57 Å². The van der Waals surface area contributed by atoms with Crippen LogP contribution in [0.3, 0.4) is 0 Å². The van der Waals surface area contributed by atoms with Crippen molar-refractivity contribution < 1.29 is 14.3 Å². The minimum absolute atomic E-state index is 0.257. The van der Waals surface area contributed by atoms with E-state index < -0.39 is 11.2 Å². The maximum absolute atomic E-state index is 13.2. The van der Waals surface area contributed by atoms with Gasteiger partial charge in [-0.15, -0.1) is 0 Å². The predicted octanol–water partition coefficient (Wildman–Crippen LogP) is 6.25. The summed E-state index contributed by atoms with van der Waals surface area (Å²) in [4.78, 5) is 15.0. The third-order valence-corrected chi connectivity index (χ3v) is 5.65. The van der Waals surface area contributed by atoms with Gasteiger partial charge in [-0.3, -0.25) is 4.90 Å². The Morgan fingerprint density at radius 3 is 2.27 bits per heavy atom. The van der Waals surface area contributed by atoms with Crippen LogP contribution in [0.1, 0.15) is 57.2 Å². The molecule has 1 aliphatic heterocycles. The molecular weight excluding hydrogens is 374 g/mol. The van der Waals surface area contributed by atoms with Crippen LogP contribution in [0.5, 0.6) is 0 Å². The lowest BCUT2D eigenvalue weighted by atomic mass is 9.75. The highest BCUT2D eigenvalue weighted by molar-refractivity contribution is 5.70. The Labute approximate surface area is 180 Å². The molecule has 0 spiro atoms. The summed E-state index contributed by atoms with van der Waals surface area (Å²) >= 11 is 0. The number of hydrogen-bond acceptors (Lipinski definition) is 3. The van der Waals surface area contributed by atoms with Gasteiger partial charge in [0.15, 0.2) is 0 Å². The molecule has 1 aliphatic rings. The largest absolute Gasteiger partial charge is 0.444 e. The lowest BCUT2D eigenvalue weighted by Crippen LogP contribution is -2.54. The highest BCUT2D eigenvalue weighted by Crippen LogP contribution is 2.46. The molecule has 160 valence electrons. The first kappa shape index (κ1) is 22.1. The van der Waals surface area contributed by atoms with Crippen molar-refractivity contribution in [3.63, 3.8) is 0 Å². The van der Waals surface area contributed by atoms with Gasteiger partial charge in [-0.1, -0.05) is 67.2 Å². The minimum atomic E-state index is -0.580. The van der Waals surface area contributed by atoms with Gasteiger partial charge in [0, 0.05) is 20.1 Å². The number of nitrogens with zero attached hydrogens (tertiary/aromatic N) is 1. The first-order chi connectivity index (χ1) is 14.3. The Morgan fingerprint density at radius 2 is 1.70 bits per heavy atom. The standard InChI is InChI=1S/C26H33NO3/c1-20(21-13-8-6-9-14-21)19-26(29-5)17-12-18-27(24(28)30-25(2,3)4)23(26)22-15-10-7-11-16-22/h6-11,13-16,23H,1,12,17-19H2,2-5H3/t23-,26+/m1/s1. The number of benzene rings is 2. The number of carbonyl (C=O) groups excluding carboxylic acids is 1. The van der Waals surface area contributed by atoms with Gasteiger partial charge in [0.2, 0.25) is 0 Å². The van der Waals surface area contributed by atoms with E-state index in [1.54, 1.807) is 7.11 Å². The number of hydrogen-bond donors (Lipinski definition) is 0. The van der Waals surface area contributed by atoms with Gasteiger partial charge < -0.3 is 9.47 Å². The molecular formula is C26H33NO3. The molecule has 4 heteroatoms.